The molecule has 1 N–H and O–H groups in total. The van der Waals surface area contributed by atoms with Crippen LogP contribution in [0.5, 0.6) is 5.75 Å². The normalized spacial score (nSPS) is 14.0. The molecule has 0 radical (unpaired) electrons. The van der Waals surface area contributed by atoms with Crippen molar-refractivity contribution in [3.8, 4) is 11.8 Å². The zero-order chi connectivity index (χ0) is 22.2. The van der Waals surface area contributed by atoms with Crippen LogP contribution in [0.25, 0.3) is 6.08 Å². The molecule has 0 atom stereocenters. The van der Waals surface area contributed by atoms with E-state index in [-0.39, 0.29) is 18.1 Å². The highest BCUT2D eigenvalue weighted by atomic mass is 16.5. The van der Waals surface area contributed by atoms with Crippen molar-refractivity contribution in [2.75, 3.05) is 38.2 Å². The summed E-state index contributed by atoms with van der Waals surface area (Å²) in [6.45, 7) is 6.16. The zero-order valence-corrected chi connectivity index (χ0v) is 17.7. The first-order chi connectivity index (χ1) is 15.0. The Labute approximate surface area is 181 Å². The summed E-state index contributed by atoms with van der Waals surface area (Å²) < 4.78 is 10.8. The van der Waals surface area contributed by atoms with E-state index in [9.17, 15) is 14.9 Å². The maximum Gasteiger partial charge on any atom is 0.266 e. The average molecular weight is 419 g/mol. The van der Waals surface area contributed by atoms with Crippen molar-refractivity contribution in [3.63, 3.8) is 0 Å². The average Bonchev–Trinajstić information content (AvgIpc) is 2.79. The fraction of sp³-hybridized carbons (Fsp3) is 0.292. The molecule has 1 heterocycles. The summed E-state index contributed by atoms with van der Waals surface area (Å²) in [4.78, 5) is 26.3. The van der Waals surface area contributed by atoms with E-state index in [4.69, 9.17) is 9.47 Å². The molecule has 3 rings (SSSR count). The number of carbonyl (C=O) groups is 2. The third-order valence-electron chi connectivity index (χ3n) is 5.05. The van der Waals surface area contributed by atoms with E-state index in [1.165, 1.54) is 6.08 Å². The largest absolute Gasteiger partial charge is 0.484 e. The van der Waals surface area contributed by atoms with Gasteiger partial charge in [-0.2, -0.15) is 5.26 Å². The molecule has 7 heteroatoms. The third kappa shape index (κ3) is 6.17. The summed E-state index contributed by atoms with van der Waals surface area (Å²) in [5.74, 6) is -0.0129. The third-order valence-corrected chi connectivity index (χ3v) is 5.05. The number of hydrogen-bond donors (Lipinski definition) is 1. The van der Waals surface area contributed by atoms with Gasteiger partial charge in [0, 0.05) is 18.8 Å². The molecule has 0 spiro atoms. The highest BCUT2D eigenvalue weighted by Crippen LogP contribution is 2.17. The van der Waals surface area contributed by atoms with Gasteiger partial charge in [-0.3, -0.25) is 9.59 Å². The molecule has 1 fully saturated rings. The molecule has 1 aliphatic heterocycles. The van der Waals surface area contributed by atoms with Gasteiger partial charge in [0.1, 0.15) is 17.4 Å². The number of nitriles is 1. The zero-order valence-electron chi connectivity index (χ0n) is 17.7. The molecule has 31 heavy (non-hydrogen) atoms. The van der Waals surface area contributed by atoms with Crippen LogP contribution in [0.4, 0.5) is 5.69 Å². The Kier molecular flexibility index (Phi) is 7.41. The summed E-state index contributed by atoms with van der Waals surface area (Å²) in [6.07, 6.45) is 1.51. The number of morpholine rings is 1. The quantitative estimate of drug-likeness (QED) is 0.574. The van der Waals surface area contributed by atoms with Gasteiger partial charge in [0.15, 0.2) is 6.61 Å². The Bertz CT molecular complexity index is 1020. The summed E-state index contributed by atoms with van der Waals surface area (Å²) in [5, 5.41) is 12.2. The van der Waals surface area contributed by atoms with Gasteiger partial charge in [-0.15, -0.1) is 0 Å². The standard InChI is InChI=1S/C24H25N3O4/c1-17-3-6-21(13-18(17)2)26-24(29)20(15-25)14-19-4-7-22(8-5-19)31-16-23(28)27-9-11-30-12-10-27/h3-8,13-14H,9-12,16H2,1-2H3,(H,26,29)/b20-14+. The molecular weight excluding hydrogens is 394 g/mol. The van der Waals surface area contributed by atoms with Crippen molar-refractivity contribution in [2.45, 2.75) is 13.8 Å². The van der Waals surface area contributed by atoms with Gasteiger partial charge >= 0.3 is 0 Å². The predicted octanol–water partition coefficient (Wildman–Crippen LogP) is 3.09. The minimum Gasteiger partial charge on any atom is -0.484 e. The number of nitrogens with one attached hydrogen (secondary N) is 1. The monoisotopic (exact) mass is 419 g/mol. The second-order valence-corrected chi connectivity index (χ2v) is 7.27. The second-order valence-electron chi connectivity index (χ2n) is 7.27. The number of benzene rings is 2. The lowest BCUT2D eigenvalue weighted by Gasteiger charge is -2.26. The van der Waals surface area contributed by atoms with Crippen LogP contribution in [-0.2, 0) is 14.3 Å². The first kappa shape index (κ1) is 22.1. The minimum atomic E-state index is -0.470. The molecule has 0 aromatic heterocycles. The number of rotatable bonds is 6. The lowest BCUT2D eigenvalue weighted by atomic mass is 10.1. The molecule has 0 unspecified atom stereocenters. The van der Waals surface area contributed by atoms with Crippen LogP contribution in [0.3, 0.4) is 0 Å². The Morgan fingerprint density at radius 1 is 1.13 bits per heavy atom. The lowest BCUT2D eigenvalue weighted by molar-refractivity contribution is -0.137. The van der Waals surface area contributed by atoms with E-state index >= 15 is 0 Å². The van der Waals surface area contributed by atoms with E-state index < -0.39 is 5.91 Å². The number of aryl methyl sites for hydroxylation is 2. The Hall–Kier alpha value is -3.63. The number of ether oxygens (including phenoxy) is 2. The number of nitrogens with zero attached hydrogens (tertiary/aromatic N) is 2. The topological polar surface area (TPSA) is 91.7 Å². The number of carbonyl (C=O) groups excluding carboxylic acids is 2. The van der Waals surface area contributed by atoms with Crippen molar-refractivity contribution in [3.05, 3.63) is 64.7 Å². The highest BCUT2D eigenvalue weighted by molar-refractivity contribution is 6.09. The fourth-order valence-electron chi connectivity index (χ4n) is 3.04. The molecule has 7 nitrogen and oxygen atoms in total. The first-order valence-corrected chi connectivity index (χ1v) is 10.0. The van der Waals surface area contributed by atoms with Gasteiger partial charge in [0.25, 0.3) is 11.8 Å². The molecular formula is C24H25N3O4. The summed E-state index contributed by atoms with van der Waals surface area (Å²) >= 11 is 0. The Balaban J connectivity index is 1.59. The molecule has 2 aromatic carbocycles. The number of amides is 2. The second kappa shape index (κ2) is 10.4. The van der Waals surface area contributed by atoms with E-state index in [1.807, 2.05) is 32.0 Å². The summed E-state index contributed by atoms with van der Waals surface area (Å²) in [7, 11) is 0. The Morgan fingerprint density at radius 2 is 1.84 bits per heavy atom. The maximum atomic E-state index is 12.5. The molecule has 0 bridgehead atoms. The van der Waals surface area contributed by atoms with Gasteiger partial charge in [-0.05, 0) is 60.9 Å². The first-order valence-electron chi connectivity index (χ1n) is 10.0. The summed E-state index contributed by atoms with van der Waals surface area (Å²) in [5.41, 5.74) is 3.50. The van der Waals surface area contributed by atoms with Crippen LogP contribution >= 0.6 is 0 Å². The van der Waals surface area contributed by atoms with Gasteiger partial charge in [0.05, 0.1) is 13.2 Å². The molecule has 1 aliphatic rings. The molecule has 1 saturated heterocycles. The SMILES string of the molecule is Cc1ccc(NC(=O)/C(C#N)=C/c2ccc(OCC(=O)N3CCOCC3)cc2)cc1C. The van der Waals surface area contributed by atoms with E-state index in [2.05, 4.69) is 5.32 Å². The van der Waals surface area contributed by atoms with Gasteiger partial charge in [-0.1, -0.05) is 18.2 Å². The van der Waals surface area contributed by atoms with E-state index in [1.54, 1.807) is 35.2 Å². The van der Waals surface area contributed by atoms with Crippen molar-refractivity contribution >= 4 is 23.6 Å². The Morgan fingerprint density at radius 3 is 2.48 bits per heavy atom. The molecule has 2 aromatic rings. The number of anilines is 1. The van der Waals surface area contributed by atoms with Crippen molar-refractivity contribution < 1.29 is 19.1 Å². The van der Waals surface area contributed by atoms with Crippen LogP contribution in [-0.4, -0.2) is 49.6 Å². The van der Waals surface area contributed by atoms with Crippen molar-refractivity contribution in [1.29, 1.82) is 5.26 Å². The van der Waals surface area contributed by atoms with Crippen molar-refractivity contribution in [2.24, 2.45) is 0 Å². The molecule has 0 aliphatic carbocycles. The summed E-state index contributed by atoms with van der Waals surface area (Å²) in [6, 6.07) is 14.4. The van der Waals surface area contributed by atoms with Gasteiger partial charge in [0.2, 0.25) is 0 Å². The van der Waals surface area contributed by atoms with Gasteiger partial charge in [-0.25, -0.2) is 0 Å². The van der Waals surface area contributed by atoms with Crippen LogP contribution in [0, 0.1) is 25.2 Å². The molecule has 0 saturated carbocycles. The smallest absolute Gasteiger partial charge is 0.266 e. The highest BCUT2D eigenvalue weighted by Gasteiger charge is 2.17. The number of hydrogen-bond acceptors (Lipinski definition) is 5. The van der Waals surface area contributed by atoms with Crippen LogP contribution < -0.4 is 10.1 Å². The fourth-order valence-corrected chi connectivity index (χ4v) is 3.04. The van der Waals surface area contributed by atoms with Crippen molar-refractivity contribution in [1.82, 2.24) is 4.90 Å². The van der Waals surface area contributed by atoms with Crippen LogP contribution in [0.15, 0.2) is 48.0 Å². The lowest BCUT2D eigenvalue weighted by Crippen LogP contribution is -2.42. The minimum absolute atomic E-state index is 0.00519. The van der Waals surface area contributed by atoms with Crippen LogP contribution in [0.2, 0.25) is 0 Å². The van der Waals surface area contributed by atoms with E-state index in [0.717, 1.165) is 11.1 Å². The van der Waals surface area contributed by atoms with Crippen LogP contribution in [0.1, 0.15) is 16.7 Å². The molecule has 2 amide bonds. The predicted molar refractivity (Wildman–Crippen MR) is 117 cm³/mol. The maximum absolute atomic E-state index is 12.5. The molecule has 160 valence electrons. The van der Waals surface area contributed by atoms with Gasteiger partial charge < -0.3 is 19.7 Å². The van der Waals surface area contributed by atoms with E-state index in [0.29, 0.717) is 43.3 Å².